The highest BCUT2D eigenvalue weighted by Gasteiger charge is 2.15. The van der Waals surface area contributed by atoms with Gasteiger partial charge in [0.1, 0.15) is 0 Å². The molecule has 0 aliphatic carbocycles. The summed E-state index contributed by atoms with van der Waals surface area (Å²) in [6.45, 7) is 0. The highest BCUT2D eigenvalue weighted by molar-refractivity contribution is 7.81. The third-order valence-corrected chi connectivity index (χ3v) is 4.02. The van der Waals surface area contributed by atoms with E-state index in [0.717, 1.165) is 22.7 Å². The first-order chi connectivity index (χ1) is 12.6. The van der Waals surface area contributed by atoms with E-state index in [4.69, 9.17) is 30.2 Å². The molecular formula is C20H18N4S2. The number of anilines is 4. The molecule has 0 aliphatic rings. The lowest BCUT2D eigenvalue weighted by molar-refractivity contribution is 1.35. The van der Waals surface area contributed by atoms with Gasteiger partial charge in [0.05, 0.1) is 0 Å². The fraction of sp³-hybridized carbons (Fsp3) is 0. The number of nitrogens with two attached hydrogens (primary N) is 1. The average molecular weight is 379 g/mol. The van der Waals surface area contributed by atoms with Gasteiger partial charge < -0.3 is 16.4 Å². The molecule has 0 amide bonds. The third kappa shape index (κ3) is 4.56. The lowest BCUT2D eigenvalue weighted by atomic mass is 10.2. The van der Waals surface area contributed by atoms with Crippen LogP contribution in [0.1, 0.15) is 0 Å². The molecule has 0 saturated carbocycles. The van der Waals surface area contributed by atoms with E-state index in [9.17, 15) is 0 Å². The monoisotopic (exact) mass is 378 g/mol. The summed E-state index contributed by atoms with van der Waals surface area (Å²) >= 11 is 10.6. The Kier molecular flexibility index (Phi) is 5.78. The summed E-state index contributed by atoms with van der Waals surface area (Å²) < 4.78 is 0. The quantitative estimate of drug-likeness (QED) is 0.563. The van der Waals surface area contributed by atoms with Crippen LogP contribution in [0.25, 0.3) is 0 Å². The topological polar surface area (TPSA) is 53.3 Å². The zero-order valence-electron chi connectivity index (χ0n) is 13.9. The van der Waals surface area contributed by atoms with Gasteiger partial charge in [0.15, 0.2) is 10.2 Å². The van der Waals surface area contributed by atoms with E-state index < -0.39 is 0 Å². The van der Waals surface area contributed by atoms with E-state index in [-0.39, 0.29) is 5.11 Å². The van der Waals surface area contributed by atoms with Crippen molar-refractivity contribution in [3.8, 4) is 0 Å². The van der Waals surface area contributed by atoms with E-state index in [1.807, 2.05) is 89.8 Å². The van der Waals surface area contributed by atoms with Gasteiger partial charge in [-0.3, -0.25) is 4.90 Å². The number of benzene rings is 3. The Bertz CT molecular complexity index is 881. The number of nitrogens with zero attached hydrogens (tertiary/aromatic N) is 1. The maximum absolute atomic E-state index is 5.68. The molecule has 0 fully saturated rings. The Morgan fingerprint density at radius 2 is 1.15 bits per heavy atom. The van der Waals surface area contributed by atoms with Crippen molar-refractivity contribution in [2.24, 2.45) is 5.73 Å². The molecule has 4 nitrogen and oxygen atoms in total. The second kappa shape index (κ2) is 8.42. The van der Waals surface area contributed by atoms with Crippen LogP contribution in [0.15, 0.2) is 84.9 Å². The molecule has 6 heteroatoms. The number of thiocarbonyl (C=S) groups is 2. The van der Waals surface area contributed by atoms with Crippen molar-refractivity contribution >= 4 is 57.4 Å². The lowest BCUT2D eigenvalue weighted by Crippen LogP contribution is -2.30. The number of hydrogen-bond acceptors (Lipinski definition) is 2. The fourth-order valence-corrected chi connectivity index (χ4v) is 2.94. The highest BCUT2D eigenvalue weighted by atomic mass is 32.1. The van der Waals surface area contributed by atoms with E-state index in [2.05, 4.69) is 10.6 Å². The number of para-hydroxylation sites is 2. The van der Waals surface area contributed by atoms with E-state index in [0.29, 0.717) is 5.11 Å². The molecule has 0 aliphatic heterocycles. The molecule has 26 heavy (non-hydrogen) atoms. The number of rotatable bonds is 4. The first-order valence-electron chi connectivity index (χ1n) is 8.01. The van der Waals surface area contributed by atoms with E-state index in [1.165, 1.54) is 0 Å². The summed E-state index contributed by atoms with van der Waals surface area (Å²) in [5.74, 6) is 0. The van der Waals surface area contributed by atoms with Gasteiger partial charge in [0.25, 0.3) is 0 Å². The lowest BCUT2D eigenvalue weighted by Gasteiger charge is -2.26. The molecule has 0 unspecified atom stereocenters. The summed E-state index contributed by atoms with van der Waals surface area (Å²) in [7, 11) is 0. The molecule has 0 aromatic heterocycles. The smallest absolute Gasteiger partial charge is 0.182 e. The second-order valence-electron chi connectivity index (χ2n) is 5.50. The molecule has 130 valence electrons. The van der Waals surface area contributed by atoms with Crippen LogP contribution in [-0.2, 0) is 0 Å². The summed E-state index contributed by atoms with van der Waals surface area (Å²) in [5.41, 5.74) is 9.19. The van der Waals surface area contributed by atoms with Gasteiger partial charge in [-0.15, -0.1) is 0 Å². The van der Waals surface area contributed by atoms with Crippen LogP contribution in [0.4, 0.5) is 22.7 Å². The van der Waals surface area contributed by atoms with Crippen LogP contribution in [-0.4, -0.2) is 10.2 Å². The van der Waals surface area contributed by atoms with Crippen LogP contribution in [0, 0.1) is 0 Å². The predicted molar refractivity (Wildman–Crippen MR) is 118 cm³/mol. The zero-order chi connectivity index (χ0) is 18.4. The van der Waals surface area contributed by atoms with Gasteiger partial charge in [-0.05, 0) is 73.0 Å². The normalized spacial score (nSPS) is 10.0. The Hall–Kier alpha value is -2.96. The molecule has 0 heterocycles. The molecule has 4 N–H and O–H groups in total. The van der Waals surface area contributed by atoms with Crippen molar-refractivity contribution in [3.05, 3.63) is 84.9 Å². The van der Waals surface area contributed by atoms with Crippen molar-refractivity contribution in [2.45, 2.75) is 0 Å². The summed E-state index contributed by atoms with van der Waals surface area (Å²) in [4.78, 5) is 1.98. The minimum Gasteiger partial charge on any atom is -0.376 e. The van der Waals surface area contributed by atoms with E-state index >= 15 is 0 Å². The molecule has 0 atom stereocenters. The van der Waals surface area contributed by atoms with Gasteiger partial charge in [-0.25, -0.2) is 0 Å². The van der Waals surface area contributed by atoms with Gasteiger partial charge in [0.2, 0.25) is 0 Å². The highest BCUT2D eigenvalue weighted by Crippen LogP contribution is 2.27. The maximum atomic E-state index is 5.68. The van der Waals surface area contributed by atoms with Crippen molar-refractivity contribution in [1.29, 1.82) is 0 Å². The Balaban J connectivity index is 1.91. The molecule has 0 bridgehead atoms. The Labute approximate surface area is 163 Å². The largest absolute Gasteiger partial charge is 0.376 e. The molecule has 3 rings (SSSR count). The number of hydrogen-bond donors (Lipinski definition) is 3. The van der Waals surface area contributed by atoms with Crippen LogP contribution in [0.3, 0.4) is 0 Å². The van der Waals surface area contributed by atoms with Crippen molar-refractivity contribution < 1.29 is 0 Å². The first-order valence-corrected chi connectivity index (χ1v) is 8.83. The van der Waals surface area contributed by atoms with Gasteiger partial charge in [-0.1, -0.05) is 36.4 Å². The van der Waals surface area contributed by atoms with Crippen LogP contribution < -0.4 is 21.3 Å². The van der Waals surface area contributed by atoms with E-state index in [1.54, 1.807) is 0 Å². The minimum atomic E-state index is 0.235. The van der Waals surface area contributed by atoms with Crippen molar-refractivity contribution in [2.75, 3.05) is 15.5 Å². The van der Waals surface area contributed by atoms with Crippen molar-refractivity contribution in [3.63, 3.8) is 0 Å². The summed E-state index contributed by atoms with van der Waals surface area (Å²) in [6.07, 6.45) is 0. The average Bonchev–Trinajstić information content (AvgIpc) is 2.65. The molecule has 0 spiro atoms. The van der Waals surface area contributed by atoms with Crippen LogP contribution in [0.2, 0.25) is 0 Å². The SMILES string of the molecule is NC(=S)Nc1ccc(N(C(=S)Nc2ccccc2)c2ccccc2)cc1. The molecule has 0 radical (unpaired) electrons. The van der Waals surface area contributed by atoms with Gasteiger partial charge >= 0.3 is 0 Å². The second-order valence-corrected chi connectivity index (χ2v) is 6.33. The van der Waals surface area contributed by atoms with Gasteiger partial charge in [-0.2, -0.15) is 0 Å². The zero-order valence-corrected chi connectivity index (χ0v) is 15.6. The standard InChI is InChI=1S/C20H18N4S2/c21-19(25)22-16-11-13-18(14-12-16)24(17-9-5-2-6-10-17)20(26)23-15-7-3-1-4-8-15/h1-14H,(H,23,26)(H3,21,22,25). The first kappa shape index (κ1) is 17.8. The van der Waals surface area contributed by atoms with Gasteiger partial charge in [0, 0.05) is 22.7 Å². The predicted octanol–water partition coefficient (Wildman–Crippen LogP) is 4.88. The van der Waals surface area contributed by atoms with Crippen LogP contribution in [0.5, 0.6) is 0 Å². The Morgan fingerprint density at radius 3 is 1.73 bits per heavy atom. The molecule has 3 aromatic rings. The van der Waals surface area contributed by atoms with Crippen LogP contribution >= 0.6 is 24.4 Å². The fourth-order valence-electron chi connectivity index (χ4n) is 2.50. The molecular weight excluding hydrogens is 360 g/mol. The third-order valence-electron chi connectivity index (χ3n) is 3.64. The summed E-state index contributed by atoms with van der Waals surface area (Å²) in [5, 5.41) is 7.02. The minimum absolute atomic E-state index is 0.235. The molecule has 0 saturated heterocycles. The van der Waals surface area contributed by atoms with Crippen molar-refractivity contribution in [1.82, 2.24) is 0 Å². The molecule has 3 aromatic carbocycles. The number of nitrogens with one attached hydrogen (secondary N) is 2. The maximum Gasteiger partial charge on any atom is 0.182 e. The Morgan fingerprint density at radius 1 is 0.654 bits per heavy atom. The summed E-state index contributed by atoms with van der Waals surface area (Å²) in [6, 6.07) is 27.6.